The smallest absolute Gasteiger partial charge is 0.243 e. The Morgan fingerprint density at radius 3 is 2.70 bits per heavy atom. The second kappa shape index (κ2) is 5.58. The van der Waals surface area contributed by atoms with Gasteiger partial charge in [-0.2, -0.15) is 0 Å². The van der Waals surface area contributed by atoms with Crippen molar-refractivity contribution < 1.29 is 4.79 Å². The molecule has 1 amide bonds. The summed E-state index contributed by atoms with van der Waals surface area (Å²) in [6.45, 7) is 10.2. The molecule has 0 saturated heterocycles. The molecule has 4 heteroatoms. The summed E-state index contributed by atoms with van der Waals surface area (Å²) in [5.41, 5.74) is 2.31. The van der Waals surface area contributed by atoms with Crippen LogP contribution in [0.25, 0.3) is 0 Å². The first-order valence-electron chi connectivity index (χ1n) is 7.74. The molecule has 0 bridgehead atoms. The summed E-state index contributed by atoms with van der Waals surface area (Å²) < 4.78 is 2.13. The van der Waals surface area contributed by atoms with Gasteiger partial charge in [0, 0.05) is 11.2 Å². The third kappa shape index (κ3) is 2.89. The largest absolute Gasteiger partial charge is 0.349 e. The maximum Gasteiger partial charge on any atom is 0.243 e. The molecule has 20 heavy (non-hydrogen) atoms. The number of aryl methyl sites for hydroxylation is 2. The van der Waals surface area contributed by atoms with Crippen molar-refractivity contribution in [2.45, 2.75) is 78.3 Å². The van der Waals surface area contributed by atoms with Crippen LogP contribution in [0.5, 0.6) is 0 Å². The molecule has 1 heterocycles. The first-order chi connectivity index (χ1) is 9.35. The van der Waals surface area contributed by atoms with E-state index >= 15 is 0 Å². The Bertz CT molecular complexity index is 502. The Morgan fingerprint density at radius 1 is 1.40 bits per heavy atom. The van der Waals surface area contributed by atoms with Crippen LogP contribution in [0.2, 0.25) is 0 Å². The molecule has 1 unspecified atom stereocenters. The summed E-state index contributed by atoms with van der Waals surface area (Å²) in [7, 11) is 0. The zero-order chi connectivity index (χ0) is 14.9. The summed E-state index contributed by atoms with van der Waals surface area (Å²) in [6, 6.07) is -0.185. The van der Waals surface area contributed by atoms with Crippen molar-refractivity contribution in [2.75, 3.05) is 0 Å². The Morgan fingerprint density at radius 2 is 2.05 bits per heavy atom. The number of carbonyl (C=O) groups is 1. The minimum atomic E-state index is -0.185. The zero-order valence-electron chi connectivity index (χ0n) is 13.4. The molecule has 1 N–H and O–H groups in total. The molecule has 2 rings (SSSR count). The van der Waals surface area contributed by atoms with E-state index in [1.54, 1.807) is 0 Å². The molecule has 1 aliphatic carbocycles. The molecular formula is C16H27N3O. The lowest BCUT2D eigenvalue weighted by molar-refractivity contribution is -0.125. The lowest BCUT2D eigenvalue weighted by Gasteiger charge is -2.28. The average Bonchev–Trinajstić information content (AvgIpc) is 2.73. The van der Waals surface area contributed by atoms with E-state index in [2.05, 4.69) is 35.6 Å². The maximum absolute atomic E-state index is 12.5. The van der Waals surface area contributed by atoms with Gasteiger partial charge < -0.3 is 9.88 Å². The third-order valence-electron chi connectivity index (χ3n) is 4.46. The minimum absolute atomic E-state index is 0.0886. The lowest BCUT2D eigenvalue weighted by atomic mass is 10.00. The van der Waals surface area contributed by atoms with Crippen LogP contribution in [0.4, 0.5) is 0 Å². The molecule has 1 aliphatic rings. The predicted molar refractivity (Wildman–Crippen MR) is 80.8 cm³/mol. The highest BCUT2D eigenvalue weighted by atomic mass is 16.2. The molecular weight excluding hydrogens is 250 g/mol. The first kappa shape index (κ1) is 15.1. The molecule has 0 saturated carbocycles. The minimum Gasteiger partial charge on any atom is -0.349 e. The van der Waals surface area contributed by atoms with Crippen molar-refractivity contribution in [3.63, 3.8) is 0 Å². The fraction of sp³-hybridized carbons (Fsp3) is 0.750. The topological polar surface area (TPSA) is 46.9 Å². The molecule has 0 fully saturated rings. The molecule has 0 spiro atoms. The Hall–Kier alpha value is -1.32. The van der Waals surface area contributed by atoms with Gasteiger partial charge in [-0.1, -0.05) is 6.92 Å². The van der Waals surface area contributed by atoms with Crippen LogP contribution in [0.15, 0.2) is 0 Å². The van der Waals surface area contributed by atoms with Gasteiger partial charge in [0.1, 0.15) is 11.9 Å². The number of fused-ring (bicyclic) bond motifs is 1. The van der Waals surface area contributed by atoms with E-state index < -0.39 is 0 Å². The number of rotatable bonds is 4. The van der Waals surface area contributed by atoms with E-state index in [1.807, 2.05) is 13.8 Å². The lowest BCUT2D eigenvalue weighted by Crippen LogP contribution is -2.45. The molecule has 112 valence electrons. The monoisotopic (exact) mass is 277 g/mol. The number of amides is 1. The summed E-state index contributed by atoms with van der Waals surface area (Å²) in [6.07, 6.45) is 5.44. The van der Waals surface area contributed by atoms with Gasteiger partial charge in [0.2, 0.25) is 5.91 Å². The molecule has 1 aromatic heterocycles. The van der Waals surface area contributed by atoms with Crippen molar-refractivity contribution in [3.8, 4) is 0 Å². The van der Waals surface area contributed by atoms with E-state index in [4.69, 9.17) is 0 Å². The SMILES string of the molecule is CCC(C)(C)NC(=O)C(C)n1c(C)nc2c1CCCC2. The van der Waals surface area contributed by atoms with Crippen LogP contribution in [0, 0.1) is 6.92 Å². The van der Waals surface area contributed by atoms with Gasteiger partial charge in [-0.3, -0.25) is 4.79 Å². The normalized spacial score (nSPS) is 16.6. The fourth-order valence-corrected chi connectivity index (χ4v) is 2.86. The number of hydrogen-bond donors (Lipinski definition) is 1. The van der Waals surface area contributed by atoms with E-state index in [0.29, 0.717) is 0 Å². The number of hydrogen-bond acceptors (Lipinski definition) is 2. The third-order valence-corrected chi connectivity index (χ3v) is 4.46. The summed E-state index contributed by atoms with van der Waals surface area (Å²) in [5.74, 6) is 1.06. The van der Waals surface area contributed by atoms with Crippen molar-refractivity contribution in [1.29, 1.82) is 0 Å². The number of nitrogens with one attached hydrogen (secondary N) is 1. The van der Waals surface area contributed by atoms with Crippen molar-refractivity contribution in [1.82, 2.24) is 14.9 Å². The average molecular weight is 277 g/mol. The van der Waals surface area contributed by atoms with Crippen LogP contribution in [-0.4, -0.2) is 21.0 Å². The van der Waals surface area contributed by atoms with Crippen molar-refractivity contribution in [2.24, 2.45) is 0 Å². The highest BCUT2D eigenvalue weighted by Crippen LogP contribution is 2.25. The van der Waals surface area contributed by atoms with Crippen LogP contribution in [0.1, 0.15) is 70.2 Å². The van der Waals surface area contributed by atoms with Crippen molar-refractivity contribution >= 4 is 5.91 Å². The maximum atomic E-state index is 12.5. The molecule has 4 nitrogen and oxygen atoms in total. The quantitative estimate of drug-likeness (QED) is 0.919. The van der Waals surface area contributed by atoms with Gasteiger partial charge in [-0.25, -0.2) is 4.98 Å². The van der Waals surface area contributed by atoms with Gasteiger partial charge in [0.25, 0.3) is 0 Å². The Balaban J connectivity index is 2.23. The van der Waals surface area contributed by atoms with Gasteiger partial charge >= 0.3 is 0 Å². The second-order valence-electron chi connectivity index (χ2n) is 6.53. The van der Waals surface area contributed by atoms with E-state index in [1.165, 1.54) is 24.2 Å². The molecule has 0 aromatic carbocycles. The number of aromatic nitrogens is 2. The molecule has 0 aliphatic heterocycles. The molecule has 1 atom stereocenters. The van der Waals surface area contributed by atoms with Gasteiger partial charge in [-0.15, -0.1) is 0 Å². The Kier molecular flexibility index (Phi) is 4.21. The van der Waals surface area contributed by atoms with Crippen LogP contribution < -0.4 is 5.32 Å². The van der Waals surface area contributed by atoms with Crippen molar-refractivity contribution in [3.05, 3.63) is 17.2 Å². The van der Waals surface area contributed by atoms with Gasteiger partial charge in [-0.05, 0) is 59.8 Å². The van der Waals surface area contributed by atoms with E-state index in [0.717, 1.165) is 25.1 Å². The Labute approximate surface area is 122 Å². The number of imidazole rings is 1. The van der Waals surface area contributed by atoms with E-state index in [-0.39, 0.29) is 17.5 Å². The number of nitrogens with zero attached hydrogens (tertiary/aromatic N) is 2. The fourth-order valence-electron chi connectivity index (χ4n) is 2.86. The molecule has 1 aromatic rings. The number of carbonyl (C=O) groups excluding carboxylic acids is 1. The predicted octanol–water partition coefficient (Wildman–Crippen LogP) is 2.94. The summed E-state index contributed by atoms with van der Waals surface area (Å²) in [5, 5.41) is 3.14. The zero-order valence-corrected chi connectivity index (χ0v) is 13.4. The summed E-state index contributed by atoms with van der Waals surface area (Å²) in [4.78, 5) is 17.1. The standard InChI is InChI=1S/C16H27N3O/c1-6-16(4,5)18-15(20)11(2)19-12(3)17-13-9-7-8-10-14(13)19/h11H,6-10H2,1-5H3,(H,18,20). The second-order valence-corrected chi connectivity index (χ2v) is 6.53. The highest BCUT2D eigenvalue weighted by Gasteiger charge is 2.27. The highest BCUT2D eigenvalue weighted by molar-refractivity contribution is 5.80. The van der Waals surface area contributed by atoms with Crippen LogP contribution in [0.3, 0.4) is 0 Å². The molecule has 0 radical (unpaired) electrons. The van der Waals surface area contributed by atoms with Gasteiger partial charge in [0.05, 0.1) is 5.69 Å². The van der Waals surface area contributed by atoms with E-state index in [9.17, 15) is 4.79 Å². The summed E-state index contributed by atoms with van der Waals surface area (Å²) >= 11 is 0. The van der Waals surface area contributed by atoms with Crippen LogP contribution in [-0.2, 0) is 17.6 Å². The van der Waals surface area contributed by atoms with Crippen LogP contribution >= 0.6 is 0 Å². The first-order valence-corrected chi connectivity index (χ1v) is 7.74. The van der Waals surface area contributed by atoms with Gasteiger partial charge in [0.15, 0.2) is 0 Å².